The first-order chi connectivity index (χ1) is 10.1. The van der Waals surface area contributed by atoms with E-state index in [4.69, 9.17) is 0 Å². The molecule has 0 saturated heterocycles. The van der Waals surface area contributed by atoms with Gasteiger partial charge < -0.3 is 4.98 Å². The van der Waals surface area contributed by atoms with Crippen molar-refractivity contribution in [1.82, 2.24) is 15.0 Å². The smallest absolute Gasteiger partial charge is 0.249 e. The Kier molecular flexibility index (Phi) is 3.47. The zero-order chi connectivity index (χ0) is 15.0. The largest absolute Gasteiger partial charge is 0.306 e. The Morgan fingerprint density at radius 2 is 2.00 bits per heavy atom. The minimum atomic E-state index is -0.284. The Labute approximate surface area is 124 Å². The topological polar surface area (TPSA) is 58.6 Å². The van der Waals surface area contributed by atoms with Crippen LogP contribution >= 0.6 is 11.8 Å². The number of fused-ring (bicyclic) bond motifs is 1. The summed E-state index contributed by atoms with van der Waals surface area (Å²) in [6.07, 6.45) is 1.86. The fourth-order valence-corrected chi connectivity index (χ4v) is 2.57. The lowest BCUT2D eigenvalue weighted by Gasteiger charge is -2.09. The summed E-state index contributed by atoms with van der Waals surface area (Å²) in [4.78, 5) is 23.0. The van der Waals surface area contributed by atoms with Crippen LogP contribution in [0.25, 0.3) is 22.3 Å². The van der Waals surface area contributed by atoms with Gasteiger partial charge in [-0.3, -0.25) is 4.79 Å². The van der Waals surface area contributed by atoms with E-state index < -0.39 is 0 Å². The fourth-order valence-electron chi connectivity index (χ4n) is 2.21. The third-order valence-corrected chi connectivity index (χ3v) is 3.74. The minimum absolute atomic E-state index is 0.213. The van der Waals surface area contributed by atoms with E-state index in [1.807, 2.05) is 13.2 Å². The highest BCUT2D eigenvalue weighted by Crippen LogP contribution is 2.29. The van der Waals surface area contributed by atoms with Crippen LogP contribution in [0.2, 0.25) is 0 Å². The molecule has 106 valence electrons. The SMILES string of the molecule is CSc1nc(-c2ccc(F)cc2C)c2ccc(=O)[nH]c2n1. The molecule has 6 heteroatoms. The Morgan fingerprint density at radius 1 is 1.19 bits per heavy atom. The average Bonchev–Trinajstić information content (AvgIpc) is 2.46. The van der Waals surface area contributed by atoms with Gasteiger partial charge in [0, 0.05) is 17.0 Å². The van der Waals surface area contributed by atoms with Gasteiger partial charge in [-0.1, -0.05) is 11.8 Å². The second-order valence-corrected chi connectivity index (χ2v) is 5.38. The summed E-state index contributed by atoms with van der Waals surface area (Å²) in [5, 5.41) is 1.30. The molecule has 4 nitrogen and oxygen atoms in total. The van der Waals surface area contributed by atoms with Crippen LogP contribution in [0, 0.1) is 12.7 Å². The van der Waals surface area contributed by atoms with E-state index in [1.54, 1.807) is 12.1 Å². The summed E-state index contributed by atoms with van der Waals surface area (Å²) < 4.78 is 13.3. The van der Waals surface area contributed by atoms with Gasteiger partial charge in [-0.05, 0) is 43.0 Å². The fraction of sp³-hybridized carbons (Fsp3) is 0.133. The van der Waals surface area contributed by atoms with Crippen molar-refractivity contribution < 1.29 is 4.39 Å². The van der Waals surface area contributed by atoms with Crippen LogP contribution in [-0.4, -0.2) is 21.2 Å². The normalized spacial score (nSPS) is 11.0. The van der Waals surface area contributed by atoms with Gasteiger partial charge in [-0.15, -0.1) is 0 Å². The zero-order valence-electron chi connectivity index (χ0n) is 11.5. The Balaban J connectivity index is 2.37. The number of nitrogens with zero attached hydrogens (tertiary/aromatic N) is 2. The molecule has 21 heavy (non-hydrogen) atoms. The molecule has 0 saturated carbocycles. The van der Waals surface area contributed by atoms with E-state index in [9.17, 15) is 9.18 Å². The van der Waals surface area contributed by atoms with Crippen LogP contribution < -0.4 is 5.56 Å². The predicted molar refractivity (Wildman–Crippen MR) is 82.1 cm³/mol. The van der Waals surface area contributed by atoms with E-state index in [0.29, 0.717) is 16.5 Å². The molecule has 0 radical (unpaired) electrons. The molecule has 0 amide bonds. The summed E-state index contributed by atoms with van der Waals surface area (Å²) in [7, 11) is 0. The molecule has 3 rings (SSSR count). The third-order valence-electron chi connectivity index (χ3n) is 3.19. The number of pyridine rings is 1. The van der Waals surface area contributed by atoms with Crippen LogP contribution in [-0.2, 0) is 0 Å². The highest BCUT2D eigenvalue weighted by molar-refractivity contribution is 7.98. The monoisotopic (exact) mass is 301 g/mol. The average molecular weight is 301 g/mol. The summed E-state index contributed by atoms with van der Waals surface area (Å²) >= 11 is 1.39. The summed E-state index contributed by atoms with van der Waals surface area (Å²) in [6, 6.07) is 7.69. The lowest BCUT2D eigenvalue weighted by atomic mass is 10.0. The quantitative estimate of drug-likeness (QED) is 0.583. The molecule has 0 aliphatic heterocycles. The predicted octanol–water partition coefficient (Wildman–Crippen LogP) is 3.15. The van der Waals surface area contributed by atoms with Crippen LogP contribution in [0.5, 0.6) is 0 Å². The molecule has 1 N–H and O–H groups in total. The first-order valence-electron chi connectivity index (χ1n) is 6.30. The van der Waals surface area contributed by atoms with Gasteiger partial charge in [-0.25, -0.2) is 14.4 Å². The molecule has 0 spiro atoms. The van der Waals surface area contributed by atoms with Crippen molar-refractivity contribution in [2.75, 3.05) is 6.26 Å². The maximum Gasteiger partial charge on any atom is 0.249 e. The molecular weight excluding hydrogens is 289 g/mol. The van der Waals surface area contributed by atoms with E-state index in [-0.39, 0.29) is 11.4 Å². The number of benzene rings is 1. The van der Waals surface area contributed by atoms with Crippen molar-refractivity contribution in [3.8, 4) is 11.3 Å². The summed E-state index contributed by atoms with van der Waals surface area (Å²) in [5.74, 6) is -0.284. The molecule has 2 aromatic heterocycles. The van der Waals surface area contributed by atoms with Gasteiger partial charge in [0.25, 0.3) is 0 Å². The molecule has 0 aliphatic rings. The lowest BCUT2D eigenvalue weighted by molar-refractivity contribution is 0.627. The van der Waals surface area contributed by atoms with Crippen LogP contribution in [0.15, 0.2) is 40.3 Å². The van der Waals surface area contributed by atoms with Crippen LogP contribution in [0.1, 0.15) is 5.56 Å². The van der Waals surface area contributed by atoms with E-state index in [0.717, 1.165) is 16.5 Å². The molecular formula is C15H12FN3OS. The third kappa shape index (κ3) is 2.54. The van der Waals surface area contributed by atoms with Crippen molar-refractivity contribution in [3.63, 3.8) is 0 Å². The number of thioether (sulfide) groups is 1. The Hall–Kier alpha value is -2.21. The zero-order valence-corrected chi connectivity index (χ0v) is 12.3. The molecule has 2 heterocycles. The van der Waals surface area contributed by atoms with Gasteiger partial charge >= 0.3 is 0 Å². The number of rotatable bonds is 2. The van der Waals surface area contributed by atoms with Crippen molar-refractivity contribution in [1.29, 1.82) is 0 Å². The summed E-state index contributed by atoms with van der Waals surface area (Å²) in [6.45, 7) is 1.83. The minimum Gasteiger partial charge on any atom is -0.306 e. The second kappa shape index (κ2) is 5.29. The first kappa shape index (κ1) is 13.8. The highest BCUT2D eigenvalue weighted by Gasteiger charge is 2.12. The highest BCUT2D eigenvalue weighted by atomic mass is 32.2. The number of H-pyrrole nitrogens is 1. The molecule has 1 aromatic carbocycles. The van der Waals surface area contributed by atoms with Gasteiger partial charge in [-0.2, -0.15) is 0 Å². The number of nitrogens with one attached hydrogen (secondary N) is 1. The van der Waals surface area contributed by atoms with Gasteiger partial charge in [0.2, 0.25) is 5.56 Å². The van der Waals surface area contributed by atoms with Gasteiger partial charge in [0.05, 0.1) is 5.69 Å². The maximum absolute atomic E-state index is 13.3. The van der Waals surface area contributed by atoms with Crippen LogP contribution in [0.3, 0.4) is 0 Å². The van der Waals surface area contributed by atoms with E-state index in [1.165, 1.54) is 30.0 Å². The number of halogens is 1. The number of aromatic amines is 1. The van der Waals surface area contributed by atoms with Crippen molar-refractivity contribution in [3.05, 3.63) is 52.1 Å². The molecule has 0 atom stereocenters. The van der Waals surface area contributed by atoms with E-state index >= 15 is 0 Å². The molecule has 0 bridgehead atoms. The number of hydrogen-bond acceptors (Lipinski definition) is 4. The van der Waals surface area contributed by atoms with Crippen molar-refractivity contribution in [2.24, 2.45) is 0 Å². The van der Waals surface area contributed by atoms with Crippen LogP contribution in [0.4, 0.5) is 4.39 Å². The standard InChI is InChI=1S/C15H12FN3OS/c1-8-7-9(16)3-4-10(8)13-11-5-6-12(20)17-14(11)19-15(18-13)21-2/h3-7H,1-2H3,(H,17,18,19,20). The first-order valence-corrected chi connectivity index (χ1v) is 7.52. The summed E-state index contributed by atoms with van der Waals surface area (Å²) in [5.41, 5.74) is 2.58. The molecule has 3 aromatic rings. The molecule has 0 fully saturated rings. The Bertz CT molecular complexity index is 892. The molecule has 0 unspecified atom stereocenters. The maximum atomic E-state index is 13.3. The van der Waals surface area contributed by atoms with Crippen molar-refractivity contribution >= 4 is 22.8 Å². The number of hydrogen-bond donors (Lipinski definition) is 1. The molecule has 0 aliphatic carbocycles. The van der Waals surface area contributed by atoms with E-state index in [2.05, 4.69) is 15.0 Å². The van der Waals surface area contributed by atoms with Crippen molar-refractivity contribution in [2.45, 2.75) is 12.1 Å². The Morgan fingerprint density at radius 3 is 2.71 bits per heavy atom. The second-order valence-electron chi connectivity index (χ2n) is 4.60. The van der Waals surface area contributed by atoms with Gasteiger partial charge in [0.1, 0.15) is 11.5 Å². The lowest BCUT2D eigenvalue weighted by Crippen LogP contribution is -2.06. The number of aryl methyl sites for hydroxylation is 1. The number of aromatic nitrogens is 3. The van der Waals surface area contributed by atoms with Gasteiger partial charge in [0.15, 0.2) is 5.16 Å².